The highest BCUT2D eigenvalue weighted by atomic mass is 32.1. The van der Waals surface area contributed by atoms with Crippen molar-refractivity contribution in [2.24, 2.45) is 0 Å². The summed E-state index contributed by atoms with van der Waals surface area (Å²) in [4.78, 5) is 14.6. The number of nitrogens with zero attached hydrogens (tertiary/aromatic N) is 1. The predicted molar refractivity (Wildman–Crippen MR) is 54.7 cm³/mol. The summed E-state index contributed by atoms with van der Waals surface area (Å²) in [5, 5.41) is 2.36. The fraction of sp³-hybridized carbons (Fsp3) is 0.200. The molecule has 2 aromatic rings. The van der Waals surface area contributed by atoms with E-state index in [1.54, 1.807) is 0 Å². The Labute approximate surface area is 85.4 Å². The highest BCUT2D eigenvalue weighted by molar-refractivity contribution is 7.11. The zero-order valence-corrected chi connectivity index (χ0v) is 8.72. The maximum atomic E-state index is 10.5. The monoisotopic (exact) mass is 207 g/mol. The molecule has 4 heteroatoms. The van der Waals surface area contributed by atoms with Gasteiger partial charge in [0.25, 0.3) is 0 Å². The molecule has 0 radical (unpaired) electrons. The molecular weight excluding hydrogens is 198 g/mol. The lowest BCUT2D eigenvalue weighted by atomic mass is 10.2. The van der Waals surface area contributed by atoms with Crippen LogP contribution < -0.4 is 0 Å². The van der Waals surface area contributed by atoms with E-state index in [0.29, 0.717) is 5.01 Å². The van der Waals surface area contributed by atoms with E-state index in [0.717, 1.165) is 29.1 Å². The van der Waals surface area contributed by atoms with Crippen LogP contribution >= 0.6 is 11.3 Å². The number of furan rings is 1. The van der Waals surface area contributed by atoms with E-state index in [9.17, 15) is 4.79 Å². The molecule has 0 saturated carbocycles. The average Bonchev–Trinajstić information content (AvgIpc) is 2.71. The summed E-state index contributed by atoms with van der Waals surface area (Å²) in [7, 11) is 0. The van der Waals surface area contributed by atoms with Crippen LogP contribution in [0, 0.1) is 13.8 Å². The minimum atomic E-state index is 0.498. The van der Waals surface area contributed by atoms with E-state index in [2.05, 4.69) is 4.98 Å². The van der Waals surface area contributed by atoms with Crippen LogP contribution in [0.2, 0.25) is 0 Å². The van der Waals surface area contributed by atoms with Crippen LogP contribution in [0.4, 0.5) is 0 Å². The molecule has 0 atom stereocenters. The topological polar surface area (TPSA) is 43.1 Å². The van der Waals surface area contributed by atoms with Gasteiger partial charge in [-0.1, -0.05) is 0 Å². The number of carbonyl (C=O) groups is 1. The van der Waals surface area contributed by atoms with Gasteiger partial charge in [-0.15, -0.1) is 11.3 Å². The van der Waals surface area contributed by atoms with Crippen LogP contribution in [0.1, 0.15) is 21.3 Å². The number of carbonyl (C=O) groups excluding carboxylic acids is 1. The summed E-state index contributed by atoms with van der Waals surface area (Å²) in [6, 6.07) is 1.93. The number of hydrogen-bond acceptors (Lipinski definition) is 4. The predicted octanol–water partition coefficient (Wildman–Crippen LogP) is 2.83. The van der Waals surface area contributed by atoms with Crippen molar-refractivity contribution >= 4 is 17.6 Å². The summed E-state index contributed by atoms with van der Waals surface area (Å²) in [5.41, 5.74) is 1.78. The van der Waals surface area contributed by atoms with E-state index in [4.69, 9.17) is 4.42 Å². The van der Waals surface area contributed by atoms with Gasteiger partial charge in [-0.2, -0.15) is 0 Å². The molecule has 2 aromatic heterocycles. The van der Waals surface area contributed by atoms with Gasteiger partial charge in [0.1, 0.15) is 11.5 Å². The molecule has 0 aliphatic heterocycles. The molecule has 2 rings (SSSR count). The fourth-order valence-electron chi connectivity index (χ4n) is 1.35. The van der Waals surface area contributed by atoms with Crippen molar-refractivity contribution in [1.82, 2.24) is 4.98 Å². The van der Waals surface area contributed by atoms with Crippen molar-refractivity contribution in [3.63, 3.8) is 0 Å². The van der Waals surface area contributed by atoms with E-state index < -0.39 is 0 Å². The van der Waals surface area contributed by atoms with E-state index >= 15 is 0 Å². The second-order valence-electron chi connectivity index (χ2n) is 3.02. The van der Waals surface area contributed by atoms with Crippen molar-refractivity contribution in [2.45, 2.75) is 13.8 Å². The summed E-state index contributed by atoms with van der Waals surface area (Å²) in [6.07, 6.45) is 0.760. The molecule has 0 aliphatic rings. The zero-order chi connectivity index (χ0) is 10.1. The number of rotatable bonds is 2. The third-order valence-electron chi connectivity index (χ3n) is 1.94. The Kier molecular flexibility index (Phi) is 2.21. The Morgan fingerprint density at radius 1 is 1.50 bits per heavy atom. The first kappa shape index (κ1) is 9.15. The Bertz CT molecular complexity index is 470. The van der Waals surface area contributed by atoms with Gasteiger partial charge < -0.3 is 4.42 Å². The standard InChI is InChI=1S/C10H9NO2S/c1-6-3-8(7(2)13-6)9-5-14-10(4-12)11-9/h3-5H,1-2H3. The average molecular weight is 207 g/mol. The second kappa shape index (κ2) is 3.38. The van der Waals surface area contributed by atoms with Crippen LogP contribution in [0.3, 0.4) is 0 Å². The Morgan fingerprint density at radius 2 is 2.29 bits per heavy atom. The van der Waals surface area contributed by atoms with Gasteiger partial charge in [-0.3, -0.25) is 4.79 Å². The maximum absolute atomic E-state index is 10.5. The van der Waals surface area contributed by atoms with Crippen molar-refractivity contribution < 1.29 is 9.21 Å². The van der Waals surface area contributed by atoms with E-state index in [1.807, 2.05) is 25.3 Å². The molecular formula is C10H9NO2S. The van der Waals surface area contributed by atoms with Crippen LogP contribution in [0.25, 0.3) is 11.3 Å². The molecule has 14 heavy (non-hydrogen) atoms. The van der Waals surface area contributed by atoms with Crippen molar-refractivity contribution in [3.05, 3.63) is 28.0 Å². The molecule has 0 bridgehead atoms. The first-order valence-electron chi connectivity index (χ1n) is 4.19. The normalized spacial score (nSPS) is 10.4. The summed E-state index contributed by atoms with van der Waals surface area (Å²) >= 11 is 1.34. The highest BCUT2D eigenvalue weighted by Gasteiger charge is 2.10. The molecule has 0 aliphatic carbocycles. The molecule has 0 unspecified atom stereocenters. The quantitative estimate of drug-likeness (QED) is 0.711. The molecule has 0 amide bonds. The van der Waals surface area contributed by atoms with Crippen LogP contribution in [0.15, 0.2) is 15.9 Å². The highest BCUT2D eigenvalue weighted by Crippen LogP contribution is 2.27. The molecule has 0 saturated heterocycles. The first-order valence-corrected chi connectivity index (χ1v) is 5.07. The lowest BCUT2D eigenvalue weighted by Gasteiger charge is -1.89. The van der Waals surface area contributed by atoms with Crippen LogP contribution in [0.5, 0.6) is 0 Å². The van der Waals surface area contributed by atoms with E-state index in [1.165, 1.54) is 11.3 Å². The number of aromatic nitrogens is 1. The van der Waals surface area contributed by atoms with Crippen LogP contribution in [-0.4, -0.2) is 11.3 Å². The number of aldehydes is 1. The van der Waals surface area contributed by atoms with Gasteiger partial charge in [-0.25, -0.2) is 4.98 Å². The molecule has 3 nitrogen and oxygen atoms in total. The summed E-state index contributed by atoms with van der Waals surface area (Å²) in [6.45, 7) is 3.78. The van der Waals surface area contributed by atoms with E-state index in [-0.39, 0.29) is 0 Å². The molecule has 0 spiro atoms. The molecule has 0 aromatic carbocycles. The fourth-order valence-corrected chi connectivity index (χ4v) is 1.97. The minimum absolute atomic E-state index is 0.498. The zero-order valence-electron chi connectivity index (χ0n) is 7.90. The van der Waals surface area contributed by atoms with Gasteiger partial charge in [-0.05, 0) is 19.9 Å². The molecule has 72 valence electrons. The summed E-state index contributed by atoms with van der Waals surface area (Å²) < 4.78 is 5.39. The number of hydrogen-bond donors (Lipinski definition) is 0. The Hall–Kier alpha value is -1.42. The lowest BCUT2D eigenvalue weighted by molar-refractivity contribution is 0.112. The minimum Gasteiger partial charge on any atom is -0.466 e. The largest absolute Gasteiger partial charge is 0.466 e. The maximum Gasteiger partial charge on any atom is 0.178 e. The first-order chi connectivity index (χ1) is 6.70. The smallest absolute Gasteiger partial charge is 0.178 e. The van der Waals surface area contributed by atoms with Crippen molar-refractivity contribution in [3.8, 4) is 11.3 Å². The lowest BCUT2D eigenvalue weighted by Crippen LogP contribution is -1.79. The van der Waals surface area contributed by atoms with Gasteiger partial charge in [0, 0.05) is 10.9 Å². The SMILES string of the molecule is Cc1cc(-c2csc(C=O)n2)c(C)o1. The third kappa shape index (κ3) is 1.48. The Balaban J connectivity index is 2.48. The van der Waals surface area contributed by atoms with Crippen molar-refractivity contribution in [2.75, 3.05) is 0 Å². The van der Waals surface area contributed by atoms with Gasteiger partial charge in [0.05, 0.1) is 5.69 Å². The molecule has 0 fully saturated rings. The molecule has 0 N–H and O–H groups in total. The number of thiazole rings is 1. The van der Waals surface area contributed by atoms with Gasteiger partial charge in [0.15, 0.2) is 11.3 Å². The van der Waals surface area contributed by atoms with Gasteiger partial charge in [0.2, 0.25) is 0 Å². The number of aryl methyl sites for hydroxylation is 2. The van der Waals surface area contributed by atoms with Crippen molar-refractivity contribution in [1.29, 1.82) is 0 Å². The van der Waals surface area contributed by atoms with Crippen LogP contribution in [-0.2, 0) is 0 Å². The molecule has 2 heterocycles. The van der Waals surface area contributed by atoms with Gasteiger partial charge >= 0.3 is 0 Å². The second-order valence-corrected chi connectivity index (χ2v) is 3.91. The Morgan fingerprint density at radius 3 is 2.79 bits per heavy atom. The summed E-state index contributed by atoms with van der Waals surface area (Å²) in [5.74, 6) is 1.70. The third-order valence-corrected chi connectivity index (χ3v) is 2.71.